The van der Waals surface area contributed by atoms with E-state index in [9.17, 15) is 4.79 Å². The Morgan fingerprint density at radius 1 is 1.50 bits per heavy atom. The molecule has 96 valence electrons. The SMILES string of the molecule is COC(=O)NC1=NC(c2ccccc2C)CCN1. The fourth-order valence-corrected chi connectivity index (χ4v) is 2.00. The van der Waals surface area contributed by atoms with Crippen LogP contribution in [0.4, 0.5) is 4.79 Å². The summed E-state index contributed by atoms with van der Waals surface area (Å²) in [4.78, 5) is 15.6. The van der Waals surface area contributed by atoms with Gasteiger partial charge in [-0.25, -0.2) is 9.79 Å². The minimum atomic E-state index is -0.508. The van der Waals surface area contributed by atoms with E-state index in [-0.39, 0.29) is 6.04 Å². The van der Waals surface area contributed by atoms with E-state index in [1.165, 1.54) is 18.2 Å². The van der Waals surface area contributed by atoms with Gasteiger partial charge < -0.3 is 10.1 Å². The lowest BCUT2D eigenvalue weighted by atomic mass is 9.99. The van der Waals surface area contributed by atoms with Gasteiger partial charge in [0.15, 0.2) is 0 Å². The van der Waals surface area contributed by atoms with Crippen molar-refractivity contribution in [2.75, 3.05) is 13.7 Å². The Morgan fingerprint density at radius 2 is 2.28 bits per heavy atom. The molecule has 0 spiro atoms. The van der Waals surface area contributed by atoms with Crippen molar-refractivity contribution in [3.8, 4) is 0 Å². The van der Waals surface area contributed by atoms with Crippen LogP contribution in [-0.4, -0.2) is 25.7 Å². The van der Waals surface area contributed by atoms with E-state index in [2.05, 4.69) is 39.4 Å². The number of aliphatic imine (C=N–C) groups is 1. The highest BCUT2D eigenvalue weighted by Crippen LogP contribution is 2.25. The van der Waals surface area contributed by atoms with E-state index in [1.807, 2.05) is 12.1 Å². The monoisotopic (exact) mass is 247 g/mol. The summed E-state index contributed by atoms with van der Waals surface area (Å²) in [6.45, 7) is 2.85. The molecule has 5 heteroatoms. The fourth-order valence-electron chi connectivity index (χ4n) is 2.00. The van der Waals surface area contributed by atoms with E-state index in [1.54, 1.807) is 0 Å². The van der Waals surface area contributed by atoms with Crippen LogP contribution < -0.4 is 10.6 Å². The lowest BCUT2D eigenvalue weighted by molar-refractivity contribution is 0.176. The highest BCUT2D eigenvalue weighted by Gasteiger charge is 2.18. The second kappa shape index (κ2) is 5.53. The summed E-state index contributed by atoms with van der Waals surface area (Å²) in [5, 5.41) is 5.61. The Bertz CT molecular complexity index is 471. The summed E-state index contributed by atoms with van der Waals surface area (Å²) in [5.74, 6) is 0.473. The summed E-state index contributed by atoms with van der Waals surface area (Å²) in [6, 6.07) is 8.25. The Hall–Kier alpha value is -2.04. The molecular weight excluding hydrogens is 230 g/mol. The fraction of sp³-hybridized carbons (Fsp3) is 0.385. The summed E-state index contributed by atoms with van der Waals surface area (Å²) in [7, 11) is 1.33. The molecule has 1 unspecified atom stereocenters. The molecule has 1 aromatic rings. The summed E-state index contributed by atoms with van der Waals surface area (Å²) >= 11 is 0. The third-order valence-corrected chi connectivity index (χ3v) is 2.95. The van der Waals surface area contributed by atoms with Gasteiger partial charge in [-0.1, -0.05) is 24.3 Å². The molecule has 0 saturated carbocycles. The first-order chi connectivity index (χ1) is 8.70. The summed E-state index contributed by atoms with van der Waals surface area (Å²) in [5.41, 5.74) is 2.41. The maximum Gasteiger partial charge on any atom is 0.413 e. The number of ether oxygens (including phenoxy) is 1. The molecule has 2 N–H and O–H groups in total. The minimum Gasteiger partial charge on any atom is -0.453 e. The van der Waals surface area contributed by atoms with Crippen LogP contribution in [0.1, 0.15) is 23.6 Å². The molecule has 0 fully saturated rings. The first-order valence-electron chi connectivity index (χ1n) is 5.93. The van der Waals surface area contributed by atoms with Crippen LogP contribution >= 0.6 is 0 Å². The van der Waals surface area contributed by atoms with Crippen molar-refractivity contribution in [1.29, 1.82) is 0 Å². The van der Waals surface area contributed by atoms with Crippen LogP contribution in [0.2, 0.25) is 0 Å². The second-order valence-corrected chi connectivity index (χ2v) is 4.18. The van der Waals surface area contributed by atoms with Gasteiger partial charge in [0, 0.05) is 6.54 Å². The van der Waals surface area contributed by atoms with Crippen molar-refractivity contribution in [2.24, 2.45) is 4.99 Å². The lowest BCUT2D eigenvalue weighted by Crippen LogP contribution is -2.44. The zero-order valence-corrected chi connectivity index (χ0v) is 10.6. The maximum atomic E-state index is 11.1. The van der Waals surface area contributed by atoms with Gasteiger partial charge >= 0.3 is 6.09 Å². The number of methoxy groups -OCH3 is 1. The number of carbonyl (C=O) groups is 1. The predicted octanol–water partition coefficient (Wildman–Crippen LogP) is 1.74. The molecule has 0 aliphatic carbocycles. The molecule has 0 bridgehead atoms. The molecule has 1 aliphatic heterocycles. The van der Waals surface area contributed by atoms with Gasteiger partial charge in [-0.05, 0) is 24.5 Å². The summed E-state index contributed by atoms with van der Waals surface area (Å²) in [6.07, 6.45) is 0.406. The van der Waals surface area contributed by atoms with Gasteiger partial charge in [0.2, 0.25) is 5.96 Å². The number of hydrogen-bond acceptors (Lipinski definition) is 4. The Morgan fingerprint density at radius 3 is 3.00 bits per heavy atom. The van der Waals surface area contributed by atoms with E-state index in [0.29, 0.717) is 5.96 Å². The third-order valence-electron chi connectivity index (χ3n) is 2.95. The zero-order valence-electron chi connectivity index (χ0n) is 10.6. The van der Waals surface area contributed by atoms with E-state index in [0.717, 1.165) is 13.0 Å². The first kappa shape index (κ1) is 12.4. The number of benzene rings is 1. The number of alkyl carbamates (subject to hydrolysis) is 1. The number of aryl methyl sites for hydroxylation is 1. The third kappa shape index (κ3) is 2.80. The van der Waals surface area contributed by atoms with E-state index >= 15 is 0 Å². The quantitative estimate of drug-likeness (QED) is 0.794. The molecular formula is C13H17N3O2. The molecule has 1 aliphatic rings. The number of hydrogen-bond donors (Lipinski definition) is 2. The van der Waals surface area contributed by atoms with Gasteiger partial charge in [-0.15, -0.1) is 0 Å². The largest absolute Gasteiger partial charge is 0.453 e. The Balaban J connectivity index is 2.17. The van der Waals surface area contributed by atoms with Gasteiger partial charge in [0.25, 0.3) is 0 Å². The van der Waals surface area contributed by atoms with Crippen molar-refractivity contribution >= 4 is 12.1 Å². The zero-order chi connectivity index (χ0) is 13.0. The summed E-state index contributed by atoms with van der Waals surface area (Å²) < 4.78 is 4.55. The predicted molar refractivity (Wildman–Crippen MR) is 69.5 cm³/mol. The number of amides is 1. The van der Waals surface area contributed by atoms with Crippen molar-refractivity contribution in [1.82, 2.24) is 10.6 Å². The van der Waals surface area contributed by atoms with Crippen LogP contribution in [0.5, 0.6) is 0 Å². The smallest absolute Gasteiger partial charge is 0.413 e. The first-order valence-corrected chi connectivity index (χ1v) is 5.93. The standard InChI is InChI=1S/C13H17N3O2/c1-9-5-3-4-6-10(9)11-7-8-14-12(15-11)16-13(17)18-2/h3-6,11H,7-8H2,1-2H3,(H2,14,15,16,17). The number of nitrogens with one attached hydrogen (secondary N) is 2. The average Bonchev–Trinajstić information content (AvgIpc) is 2.39. The van der Waals surface area contributed by atoms with Gasteiger partial charge in [-0.3, -0.25) is 5.32 Å². The van der Waals surface area contributed by atoms with Crippen LogP contribution in [0, 0.1) is 6.92 Å². The molecule has 5 nitrogen and oxygen atoms in total. The second-order valence-electron chi connectivity index (χ2n) is 4.18. The van der Waals surface area contributed by atoms with Crippen molar-refractivity contribution < 1.29 is 9.53 Å². The van der Waals surface area contributed by atoms with E-state index in [4.69, 9.17) is 0 Å². The van der Waals surface area contributed by atoms with Crippen LogP contribution in [0.25, 0.3) is 0 Å². The van der Waals surface area contributed by atoms with E-state index < -0.39 is 6.09 Å². The van der Waals surface area contributed by atoms with Crippen molar-refractivity contribution in [3.63, 3.8) is 0 Å². The van der Waals surface area contributed by atoms with Gasteiger partial charge in [0.05, 0.1) is 13.2 Å². The normalized spacial score (nSPS) is 18.6. The molecule has 1 atom stereocenters. The number of rotatable bonds is 1. The maximum absolute atomic E-state index is 11.1. The van der Waals surface area contributed by atoms with Crippen LogP contribution in [-0.2, 0) is 4.74 Å². The van der Waals surface area contributed by atoms with Crippen molar-refractivity contribution in [3.05, 3.63) is 35.4 Å². The topological polar surface area (TPSA) is 62.7 Å². The molecule has 2 rings (SSSR count). The molecule has 0 radical (unpaired) electrons. The molecule has 1 heterocycles. The Labute approximate surface area is 106 Å². The molecule has 0 saturated heterocycles. The Kier molecular flexibility index (Phi) is 3.82. The molecule has 1 amide bonds. The van der Waals surface area contributed by atoms with Crippen LogP contribution in [0.3, 0.4) is 0 Å². The molecule has 1 aromatic carbocycles. The van der Waals surface area contributed by atoms with Gasteiger partial charge in [0.1, 0.15) is 0 Å². The molecule has 18 heavy (non-hydrogen) atoms. The van der Waals surface area contributed by atoms with Crippen molar-refractivity contribution in [2.45, 2.75) is 19.4 Å². The average molecular weight is 247 g/mol. The molecule has 0 aromatic heterocycles. The number of guanidine groups is 1. The highest BCUT2D eigenvalue weighted by atomic mass is 16.5. The number of carbonyl (C=O) groups excluding carboxylic acids is 1. The highest BCUT2D eigenvalue weighted by molar-refractivity contribution is 5.94. The van der Waals surface area contributed by atoms with Crippen LogP contribution in [0.15, 0.2) is 29.3 Å². The number of nitrogens with zero attached hydrogens (tertiary/aromatic N) is 1. The van der Waals surface area contributed by atoms with Gasteiger partial charge in [-0.2, -0.15) is 0 Å². The minimum absolute atomic E-state index is 0.0830. The lowest BCUT2D eigenvalue weighted by Gasteiger charge is -2.23.